The number of benzene rings is 1. The first kappa shape index (κ1) is 21.0. The summed E-state index contributed by atoms with van der Waals surface area (Å²) in [6.07, 6.45) is 6.53. The van der Waals surface area contributed by atoms with Crippen molar-refractivity contribution in [3.8, 4) is 28.3 Å². The number of fused-ring (bicyclic) bond motifs is 3. The molecule has 3 aromatic heterocycles. The van der Waals surface area contributed by atoms with E-state index in [0.29, 0.717) is 5.92 Å². The Balaban J connectivity index is 1.26. The number of nitrogens with one attached hydrogen (secondary N) is 1. The highest BCUT2D eigenvalue weighted by molar-refractivity contribution is 5.93. The Morgan fingerprint density at radius 2 is 2.14 bits per heavy atom. The number of aryl methyl sites for hydroxylation is 1. The lowest BCUT2D eigenvalue weighted by atomic mass is 9.99. The van der Waals surface area contributed by atoms with Crippen molar-refractivity contribution in [1.82, 2.24) is 25.1 Å². The van der Waals surface area contributed by atoms with Gasteiger partial charge in [0, 0.05) is 54.1 Å². The molecule has 0 amide bonds. The van der Waals surface area contributed by atoms with Crippen molar-refractivity contribution < 1.29 is 9.84 Å². The van der Waals surface area contributed by atoms with Gasteiger partial charge in [-0.15, -0.1) is 0 Å². The second kappa shape index (κ2) is 7.86. The monoisotopic (exact) mass is 467 g/mol. The molecule has 178 valence electrons. The molecule has 4 heterocycles. The molecule has 0 bridgehead atoms. The number of H-pyrrole nitrogens is 1. The Bertz CT molecular complexity index is 1430. The second-order valence-corrected chi connectivity index (χ2v) is 10.3. The standard InChI is InChI=1S/C28H29N5O2/c1-35-23-12-22-27(30-26(23)21-7-3-5-17-4-2-6-20(17)21)25(32-31-22)18-8-9-24(29-14-18)28-13-19(28)15-33(16-28)10-11-34/h3,5,7-9,12,14,19,34H,2,4,6,10-11,13,15-16H2,1H3,(H,31,32)/t19?,28-/m0/s1. The minimum Gasteiger partial charge on any atom is -0.494 e. The fraction of sp³-hybridized carbons (Fsp3) is 0.393. The molecule has 1 unspecified atom stereocenters. The van der Waals surface area contributed by atoms with Gasteiger partial charge in [-0.3, -0.25) is 15.0 Å². The molecule has 2 N–H and O–H groups in total. The maximum absolute atomic E-state index is 9.30. The van der Waals surface area contributed by atoms with Crippen molar-refractivity contribution in [3.05, 3.63) is 59.4 Å². The molecule has 0 spiro atoms. The van der Waals surface area contributed by atoms with Gasteiger partial charge in [0.15, 0.2) is 0 Å². The number of aliphatic hydroxyl groups excluding tert-OH is 1. The summed E-state index contributed by atoms with van der Waals surface area (Å²) in [5.74, 6) is 1.41. The molecule has 7 nitrogen and oxygen atoms in total. The maximum Gasteiger partial charge on any atom is 0.147 e. The summed E-state index contributed by atoms with van der Waals surface area (Å²) in [6, 6.07) is 12.8. The third kappa shape index (κ3) is 3.22. The van der Waals surface area contributed by atoms with Crippen LogP contribution < -0.4 is 4.74 Å². The van der Waals surface area contributed by atoms with Crippen LogP contribution in [-0.2, 0) is 18.3 Å². The molecule has 1 aliphatic heterocycles. The minimum atomic E-state index is 0.161. The van der Waals surface area contributed by atoms with E-state index in [1.54, 1.807) is 7.11 Å². The molecule has 35 heavy (non-hydrogen) atoms. The zero-order valence-corrected chi connectivity index (χ0v) is 19.9. The Hall–Kier alpha value is -3.29. The highest BCUT2D eigenvalue weighted by Gasteiger charge is 2.61. The zero-order chi connectivity index (χ0) is 23.6. The van der Waals surface area contributed by atoms with E-state index >= 15 is 0 Å². The van der Waals surface area contributed by atoms with Crippen molar-refractivity contribution in [2.75, 3.05) is 33.4 Å². The lowest BCUT2D eigenvalue weighted by Crippen LogP contribution is -2.29. The average Bonchev–Trinajstić information content (AvgIpc) is 3.26. The number of piperidine rings is 1. The quantitative estimate of drug-likeness (QED) is 0.449. The van der Waals surface area contributed by atoms with Gasteiger partial charge in [-0.25, -0.2) is 4.98 Å². The van der Waals surface area contributed by atoms with E-state index in [2.05, 4.69) is 45.4 Å². The summed E-state index contributed by atoms with van der Waals surface area (Å²) in [5.41, 5.74) is 9.62. The van der Waals surface area contributed by atoms with Crippen LogP contribution in [0, 0.1) is 5.92 Å². The van der Waals surface area contributed by atoms with Gasteiger partial charge in [-0.05, 0) is 54.9 Å². The van der Waals surface area contributed by atoms with Crippen LogP contribution >= 0.6 is 0 Å². The van der Waals surface area contributed by atoms with Crippen LogP contribution in [0.1, 0.15) is 29.7 Å². The summed E-state index contributed by atoms with van der Waals surface area (Å²) in [6.45, 7) is 3.01. The molecule has 2 aliphatic carbocycles. The van der Waals surface area contributed by atoms with Crippen LogP contribution in [0.3, 0.4) is 0 Å². The Labute approximate surface area is 204 Å². The largest absolute Gasteiger partial charge is 0.494 e. The Kier molecular flexibility index (Phi) is 4.73. The van der Waals surface area contributed by atoms with Crippen molar-refractivity contribution in [1.29, 1.82) is 0 Å². The molecule has 3 aliphatic rings. The first-order valence-corrected chi connectivity index (χ1v) is 12.5. The summed E-state index contributed by atoms with van der Waals surface area (Å²) >= 11 is 0. The number of aromatic nitrogens is 4. The van der Waals surface area contributed by atoms with Gasteiger partial charge in [0.05, 0.1) is 19.2 Å². The predicted molar refractivity (Wildman–Crippen MR) is 134 cm³/mol. The van der Waals surface area contributed by atoms with Crippen molar-refractivity contribution in [2.45, 2.75) is 31.1 Å². The molecule has 7 rings (SSSR count). The smallest absolute Gasteiger partial charge is 0.147 e. The van der Waals surface area contributed by atoms with Crippen LogP contribution in [0.4, 0.5) is 0 Å². The first-order chi connectivity index (χ1) is 17.2. The van der Waals surface area contributed by atoms with Crippen LogP contribution in [-0.4, -0.2) is 63.5 Å². The molecule has 4 aromatic rings. The molecule has 7 heteroatoms. The minimum absolute atomic E-state index is 0.161. The Morgan fingerprint density at radius 3 is 2.97 bits per heavy atom. The summed E-state index contributed by atoms with van der Waals surface area (Å²) < 4.78 is 5.75. The molecule has 1 aromatic carbocycles. The van der Waals surface area contributed by atoms with Crippen molar-refractivity contribution in [3.63, 3.8) is 0 Å². The van der Waals surface area contributed by atoms with E-state index in [-0.39, 0.29) is 12.0 Å². The van der Waals surface area contributed by atoms with Gasteiger partial charge in [-0.2, -0.15) is 5.10 Å². The van der Waals surface area contributed by atoms with Gasteiger partial charge in [-0.1, -0.05) is 18.2 Å². The van der Waals surface area contributed by atoms with E-state index in [1.165, 1.54) is 24.0 Å². The lowest BCUT2D eigenvalue weighted by molar-refractivity contribution is 0.207. The number of hydrogen-bond acceptors (Lipinski definition) is 6. The van der Waals surface area contributed by atoms with Crippen molar-refractivity contribution in [2.24, 2.45) is 5.92 Å². The number of β-amino-alcohol motifs (C(OH)–C–C–N with tert-alkyl or cyclic N) is 1. The molecular formula is C28H29N5O2. The van der Waals surface area contributed by atoms with E-state index < -0.39 is 0 Å². The second-order valence-electron chi connectivity index (χ2n) is 10.3. The van der Waals surface area contributed by atoms with Gasteiger partial charge in [0.25, 0.3) is 0 Å². The van der Waals surface area contributed by atoms with E-state index in [0.717, 1.165) is 77.5 Å². The maximum atomic E-state index is 9.30. The molecule has 1 saturated carbocycles. The third-order valence-corrected chi connectivity index (χ3v) is 8.30. The number of pyridine rings is 2. The number of aromatic amines is 1. The summed E-state index contributed by atoms with van der Waals surface area (Å²) in [4.78, 5) is 12.4. The molecule has 0 radical (unpaired) electrons. The first-order valence-electron chi connectivity index (χ1n) is 12.5. The average molecular weight is 468 g/mol. The number of hydrogen-bond donors (Lipinski definition) is 2. The number of methoxy groups -OCH3 is 1. The van der Waals surface area contributed by atoms with Crippen LogP contribution in [0.5, 0.6) is 5.75 Å². The SMILES string of the molecule is COc1cc2[nH]nc(-c3ccc([C@]45CC4CN(CCO)C5)nc3)c2nc1-c1cccc2c1CCC2. The van der Waals surface area contributed by atoms with E-state index in [9.17, 15) is 5.11 Å². The predicted octanol–water partition coefficient (Wildman–Crippen LogP) is 3.75. The fourth-order valence-corrected chi connectivity index (χ4v) is 6.45. The van der Waals surface area contributed by atoms with Crippen LogP contribution in [0.15, 0.2) is 42.6 Å². The van der Waals surface area contributed by atoms with Crippen molar-refractivity contribution >= 4 is 11.0 Å². The highest BCUT2D eigenvalue weighted by atomic mass is 16.5. The topological polar surface area (TPSA) is 87.2 Å². The van der Waals surface area contributed by atoms with Crippen LogP contribution in [0.2, 0.25) is 0 Å². The zero-order valence-electron chi connectivity index (χ0n) is 19.9. The molecule has 2 fully saturated rings. The van der Waals surface area contributed by atoms with Gasteiger partial charge >= 0.3 is 0 Å². The number of ether oxygens (including phenoxy) is 1. The Morgan fingerprint density at radius 1 is 1.20 bits per heavy atom. The third-order valence-electron chi connectivity index (χ3n) is 8.30. The molecule has 2 atom stereocenters. The summed E-state index contributed by atoms with van der Waals surface area (Å²) in [5, 5.41) is 17.1. The number of nitrogens with zero attached hydrogens (tertiary/aromatic N) is 4. The fourth-order valence-electron chi connectivity index (χ4n) is 6.45. The van der Waals surface area contributed by atoms with Gasteiger partial charge in [0.1, 0.15) is 22.7 Å². The lowest BCUT2D eigenvalue weighted by Gasteiger charge is -2.19. The summed E-state index contributed by atoms with van der Waals surface area (Å²) in [7, 11) is 1.70. The highest BCUT2D eigenvalue weighted by Crippen LogP contribution is 2.58. The normalized spacial score (nSPS) is 23.0. The van der Waals surface area contributed by atoms with E-state index in [4.69, 9.17) is 14.7 Å². The molecular weight excluding hydrogens is 438 g/mol. The van der Waals surface area contributed by atoms with Gasteiger partial charge < -0.3 is 9.84 Å². The molecule has 1 saturated heterocycles. The number of likely N-dealkylation sites (tertiary alicyclic amines) is 1. The van der Waals surface area contributed by atoms with E-state index in [1.807, 2.05) is 12.3 Å². The number of aliphatic hydroxyl groups is 1. The van der Waals surface area contributed by atoms with Gasteiger partial charge in [0.2, 0.25) is 0 Å². The number of rotatable bonds is 6. The van der Waals surface area contributed by atoms with Crippen LogP contribution in [0.25, 0.3) is 33.5 Å².